The highest BCUT2D eigenvalue weighted by molar-refractivity contribution is 5.82. The number of carboxylic acid groups (broad SMARTS) is 1. The SMILES string of the molecule is CCOCC(C)N1C(=O)CC(C)C(C(=O)O)C1C. The summed E-state index contributed by atoms with van der Waals surface area (Å²) in [6, 6.07) is -0.365. The molecule has 0 spiro atoms. The highest BCUT2D eigenvalue weighted by Gasteiger charge is 2.43. The van der Waals surface area contributed by atoms with Gasteiger partial charge in [-0.2, -0.15) is 0 Å². The van der Waals surface area contributed by atoms with E-state index in [4.69, 9.17) is 4.74 Å². The minimum absolute atomic E-state index is 0.0275. The van der Waals surface area contributed by atoms with E-state index in [1.54, 1.807) is 4.90 Å². The second-order valence-corrected chi connectivity index (χ2v) is 5.10. The molecule has 5 heteroatoms. The molecule has 0 aromatic heterocycles. The first-order chi connectivity index (χ1) is 8.40. The number of amides is 1. The van der Waals surface area contributed by atoms with Crippen molar-refractivity contribution in [3.8, 4) is 0 Å². The monoisotopic (exact) mass is 257 g/mol. The van der Waals surface area contributed by atoms with Crippen LogP contribution in [0.15, 0.2) is 0 Å². The summed E-state index contributed by atoms with van der Waals surface area (Å²) in [5, 5.41) is 9.27. The van der Waals surface area contributed by atoms with Gasteiger partial charge in [0.2, 0.25) is 5.91 Å². The number of rotatable bonds is 5. The topological polar surface area (TPSA) is 66.8 Å². The van der Waals surface area contributed by atoms with E-state index >= 15 is 0 Å². The predicted molar refractivity (Wildman–Crippen MR) is 67.2 cm³/mol. The average Bonchev–Trinajstić information content (AvgIpc) is 2.24. The van der Waals surface area contributed by atoms with E-state index in [1.807, 2.05) is 27.7 Å². The predicted octanol–water partition coefficient (Wildman–Crippen LogP) is 1.37. The summed E-state index contributed by atoms with van der Waals surface area (Å²) in [4.78, 5) is 25.0. The van der Waals surface area contributed by atoms with Gasteiger partial charge in [0, 0.05) is 19.1 Å². The third kappa shape index (κ3) is 3.02. The summed E-state index contributed by atoms with van der Waals surface area (Å²) >= 11 is 0. The Morgan fingerprint density at radius 2 is 2.17 bits per heavy atom. The van der Waals surface area contributed by atoms with Crippen LogP contribution in [0.3, 0.4) is 0 Å². The van der Waals surface area contributed by atoms with E-state index in [1.165, 1.54) is 0 Å². The molecule has 4 atom stereocenters. The molecule has 5 nitrogen and oxygen atoms in total. The molecule has 1 rings (SSSR count). The van der Waals surface area contributed by atoms with E-state index in [2.05, 4.69) is 0 Å². The van der Waals surface area contributed by atoms with Gasteiger partial charge in [0.05, 0.1) is 18.6 Å². The van der Waals surface area contributed by atoms with Crippen molar-refractivity contribution in [2.24, 2.45) is 11.8 Å². The fourth-order valence-corrected chi connectivity index (χ4v) is 2.85. The van der Waals surface area contributed by atoms with Crippen molar-refractivity contribution in [3.05, 3.63) is 0 Å². The lowest BCUT2D eigenvalue weighted by atomic mass is 9.80. The van der Waals surface area contributed by atoms with Gasteiger partial charge < -0.3 is 14.7 Å². The van der Waals surface area contributed by atoms with Crippen LogP contribution in [0.25, 0.3) is 0 Å². The van der Waals surface area contributed by atoms with Gasteiger partial charge in [0.25, 0.3) is 0 Å². The number of hydrogen-bond acceptors (Lipinski definition) is 3. The number of aliphatic carboxylic acids is 1. The van der Waals surface area contributed by atoms with Gasteiger partial charge in [0.1, 0.15) is 0 Å². The van der Waals surface area contributed by atoms with Crippen molar-refractivity contribution in [2.75, 3.05) is 13.2 Å². The standard InChI is InChI=1S/C13H23NO4/c1-5-18-7-9(3)14-10(4)12(13(16)17)8(2)6-11(14)15/h8-10,12H,5-7H2,1-4H3,(H,16,17). The summed E-state index contributed by atoms with van der Waals surface area (Å²) in [7, 11) is 0. The Kier molecular flexibility index (Phi) is 5.14. The molecular weight excluding hydrogens is 234 g/mol. The molecule has 4 unspecified atom stereocenters. The Morgan fingerprint density at radius 3 is 2.67 bits per heavy atom. The first-order valence-electron chi connectivity index (χ1n) is 6.51. The molecule has 0 radical (unpaired) electrons. The van der Waals surface area contributed by atoms with Crippen molar-refractivity contribution in [1.29, 1.82) is 0 Å². The van der Waals surface area contributed by atoms with Crippen molar-refractivity contribution >= 4 is 11.9 Å². The van der Waals surface area contributed by atoms with Gasteiger partial charge in [-0.3, -0.25) is 9.59 Å². The molecule has 104 valence electrons. The maximum atomic E-state index is 12.1. The van der Waals surface area contributed by atoms with Crippen LogP contribution in [0, 0.1) is 11.8 Å². The van der Waals surface area contributed by atoms with Gasteiger partial charge in [0.15, 0.2) is 0 Å². The second-order valence-electron chi connectivity index (χ2n) is 5.10. The molecule has 1 aliphatic rings. The zero-order chi connectivity index (χ0) is 13.9. The lowest BCUT2D eigenvalue weighted by Crippen LogP contribution is -2.56. The van der Waals surface area contributed by atoms with E-state index < -0.39 is 11.9 Å². The van der Waals surface area contributed by atoms with E-state index in [-0.39, 0.29) is 23.9 Å². The number of ether oxygens (including phenoxy) is 1. The fourth-order valence-electron chi connectivity index (χ4n) is 2.85. The number of carbonyl (C=O) groups is 2. The Balaban J connectivity index is 2.82. The summed E-state index contributed by atoms with van der Waals surface area (Å²) in [5.41, 5.74) is 0. The number of carbonyl (C=O) groups excluding carboxylic acids is 1. The van der Waals surface area contributed by atoms with Crippen LogP contribution in [0.5, 0.6) is 0 Å². The van der Waals surface area contributed by atoms with Crippen LogP contribution in [-0.4, -0.2) is 47.2 Å². The highest BCUT2D eigenvalue weighted by atomic mass is 16.5. The van der Waals surface area contributed by atoms with Gasteiger partial charge in [-0.25, -0.2) is 0 Å². The summed E-state index contributed by atoms with van der Waals surface area (Å²) < 4.78 is 5.33. The minimum atomic E-state index is -0.823. The highest BCUT2D eigenvalue weighted by Crippen LogP contribution is 2.31. The van der Waals surface area contributed by atoms with Crippen LogP contribution in [0.4, 0.5) is 0 Å². The molecule has 0 aliphatic carbocycles. The molecule has 18 heavy (non-hydrogen) atoms. The van der Waals surface area contributed by atoms with Crippen molar-refractivity contribution in [3.63, 3.8) is 0 Å². The van der Waals surface area contributed by atoms with Crippen molar-refractivity contribution < 1.29 is 19.4 Å². The number of carboxylic acids is 1. The molecule has 1 aliphatic heterocycles. The summed E-state index contributed by atoms with van der Waals surface area (Å²) in [6.07, 6.45) is 0.303. The van der Waals surface area contributed by atoms with Crippen LogP contribution in [-0.2, 0) is 14.3 Å². The van der Waals surface area contributed by atoms with Crippen LogP contribution >= 0.6 is 0 Å². The Hall–Kier alpha value is -1.10. The smallest absolute Gasteiger partial charge is 0.308 e. The molecule has 1 fully saturated rings. The van der Waals surface area contributed by atoms with Gasteiger partial charge >= 0.3 is 5.97 Å². The maximum absolute atomic E-state index is 12.1. The third-order valence-corrected chi connectivity index (χ3v) is 3.68. The normalized spacial score (nSPS) is 30.3. The molecular formula is C13H23NO4. The van der Waals surface area contributed by atoms with Crippen LogP contribution < -0.4 is 0 Å². The average molecular weight is 257 g/mol. The Morgan fingerprint density at radius 1 is 1.56 bits per heavy atom. The molecule has 1 heterocycles. The molecule has 0 aromatic carbocycles. The molecule has 0 saturated carbocycles. The zero-order valence-corrected chi connectivity index (χ0v) is 11.5. The summed E-state index contributed by atoms with van der Waals surface area (Å²) in [6.45, 7) is 8.49. The van der Waals surface area contributed by atoms with E-state index in [0.717, 1.165) is 0 Å². The molecule has 1 N–H and O–H groups in total. The van der Waals surface area contributed by atoms with Gasteiger partial charge in [-0.15, -0.1) is 0 Å². The first-order valence-corrected chi connectivity index (χ1v) is 6.51. The maximum Gasteiger partial charge on any atom is 0.308 e. The molecule has 1 amide bonds. The Bertz CT molecular complexity index is 318. The Labute approximate surface area is 108 Å². The first kappa shape index (κ1) is 15.0. The number of likely N-dealkylation sites (tertiary alicyclic amines) is 1. The van der Waals surface area contributed by atoms with Crippen LogP contribution in [0.2, 0.25) is 0 Å². The number of hydrogen-bond donors (Lipinski definition) is 1. The third-order valence-electron chi connectivity index (χ3n) is 3.68. The lowest BCUT2D eigenvalue weighted by molar-refractivity contribution is -0.157. The van der Waals surface area contributed by atoms with Gasteiger partial charge in [-0.05, 0) is 26.7 Å². The molecule has 0 aromatic rings. The quantitative estimate of drug-likeness (QED) is 0.807. The second kappa shape index (κ2) is 6.18. The molecule has 0 bridgehead atoms. The van der Waals surface area contributed by atoms with Crippen molar-refractivity contribution in [2.45, 2.75) is 46.2 Å². The fraction of sp³-hybridized carbons (Fsp3) is 0.846. The van der Waals surface area contributed by atoms with Gasteiger partial charge in [-0.1, -0.05) is 6.92 Å². The summed E-state index contributed by atoms with van der Waals surface area (Å²) in [5.74, 6) is -1.40. The van der Waals surface area contributed by atoms with E-state index in [0.29, 0.717) is 19.6 Å². The number of piperidine rings is 1. The van der Waals surface area contributed by atoms with Crippen LogP contribution in [0.1, 0.15) is 34.1 Å². The van der Waals surface area contributed by atoms with Crippen molar-refractivity contribution in [1.82, 2.24) is 4.90 Å². The zero-order valence-electron chi connectivity index (χ0n) is 11.5. The molecule has 1 saturated heterocycles. The van der Waals surface area contributed by atoms with E-state index in [9.17, 15) is 14.7 Å². The minimum Gasteiger partial charge on any atom is -0.481 e. The largest absolute Gasteiger partial charge is 0.481 e. The lowest BCUT2D eigenvalue weighted by Gasteiger charge is -2.43. The number of nitrogens with zero attached hydrogens (tertiary/aromatic N) is 1.